The largest absolute Gasteiger partial charge is 0.371 e. The lowest BCUT2D eigenvalue weighted by molar-refractivity contribution is -0.121. The number of nitrogens with one attached hydrogen (secondary N) is 2. The highest BCUT2D eigenvalue weighted by Gasteiger charge is 2.24. The Kier molecular flexibility index (Phi) is 7.97. The number of piperidine rings is 1. The molecule has 4 rings (SSSR count). The highest BCUT2D eigenvalue weighted by molar-refractivity contribution is 6.00. The van der Waals surface area contributed by atoms with Crippen LogP contribution < -0.4 is 15.5 Å². The normalized spacial score (nSPS) is 14.9. The molecule has 1 atom stereocenters. The second-order valence-electron chi connectivity index (χ2n) is 8.94. The van der Waals surface area contributed by atoms with E-state index in [1.165, 1.54) is 5.56 Å². The molecule has 1 aliphatic rings. The fourth-order valence-corrected chi connectivity index (χ4v) is 4.51. The summed E-state index contributed by atoms with van der Waals surface area (Å²) in [6.45, 7) is 3.62. The van der Waals surface area contributed by atoms with Crippen LogP contribution in [0, 0.1) is 0 Å². The van der Waals surface area contributed by atoms with E-state index in [1.54, 1.807) is 0 Å². The van der Waals surface area contributed by atoms with Gasteiger partial charge in [-0.2, -0.15) is 0 Å². The van der Waals surface area contributed by atoms with Gasteiger partial charge in [0.25, 0.3) is 5.91 Å². The Morgan fingerprint density at radius 2 is 1.50 bits per heavy atom. The molecule has 0 aliphatic carbocycles. The monoisotopic (exact) mass is 455 g/mol. The standard InChI is InChI=1S/C29H33N3O2/c1-22(24-12-6-3-7-13-24)30-29(34)26-14-8-9-15-27(26)32-20-18-25(19-21-32)31-28(33)17-16-23-10-4-2-5-11-23/h2-15,22,25H,16-21H2,1H3,(H,30,34)(H,31,33)/t22-/m1/s1. The minimum Gasteiger partial charge on any atom is -0.371 e. The van der Waals surface area contributed by atoms with Crippen LogP contribution in [0.1, 0.15) is 53.7 Å². The van der Waals surface area contributed by atoms with Crippen molar-refractivity contribution in [2.45, 2.75) is 44.7 Å². The van der Waals surface area contributed by atoms with Crippen molar-refractivity contribution in [2.75, 3.05) is 18.0 Å². The van der Waals surface area contributed by atoms with Gasteiger partial charge < -0.3 is 15.5 Å². The third kappa shape index (κ3) is 6.25. The van der Waals surface area contributed by atoms with E-state index in [9.17, 15) is 9.59 Å². The van der Waals surface area contributed by atoms with Gasteiger partial charge in [-0.05, 0) is 49.4 Å². The molecular weight excluding hydrogens is 422 g/mol. The van der Waals surface area contributed by atoms with Crippen molar-refractivity contribution < 1.29 is 9.59 Å². The molecule has 5 nitrogen and oxygen atoms in total. The van der Waals surface area contributed by atoms with Gasteiger partial charge in [0.2, 0.25) is 5.91 Å². The second kappa shape index (κ2) is 11.5. The first-order valence-electron chi connectivity index (χ1n) is 12.1. The Balaban J connectivity index is 1.30. The number of nitrogens with zero attached hydrogens (tertiary/aromatic N) is 1. The molecule has 5 heteroatoms. The summed E-state index contributed by atoms with van der Waals surface area (Å²) in [5.41, 5.74) is 3.91. The minimum atomic E-state index is -0.0707. The summed E-state index contributed by atoms with van der Waals surface area (Å²) in [5.74, 6) is 0.0419. The molecule has 0 unspecified atom stereocenters. The lowest BCUT2D eigenvalue weighted by Gasteiger charge is -2.35. The number of rotatable bonds is 8. The van der Waals surface area contributed by atoms with E-state index in [0.29, 0.717) is 12.0 Å². The zero-order valence-electron chi connectivity index (χ0n) is 19.7. The molecule has 34 heavy (non-hydrogen) atoms. The van der Waals surface area contributed by atoms with Crippen LogP contribution >= 0.6 is 0 Å². The van der Waals surface area contributed by atoms with Crippen molar-refractivity contribution >= 4 is 17.5 Å². The van der Waals surface area contributed by atoms with Crippen molar-refractivity contribution in [3.63, 3.8) is 0 Å². The smallest absolute Gasteiger partial charge is 0.253 e. The van der Waals surface area contributed by atoms with E-state index in [4.69, 9.17) is 0 Å². The van der Waals surface area contributed by atoms with E-state index in [0.717, 1.165) is 43.6 Å². The van der Waals surface area contributed by atoms with Crippen LogP contribution in [0.2, 0.25) is 0 Å². The molecule has 0 spiro atoms. The summed E-state index contributed by atoms with van der Waals surface area (Å²) in [4.78, 5) is 27.8. The average molecular weight is 456 g/mol. The highest BCUT2D eigenvalue weighted by atomic mass is 16.2. The maximum atomic E-state index is 13.1. The number of hydrogen-bond donors (Lipinski definition) is 2. The Bertz CT molecular complexity index is 1080. The van der Waals surface area contributed by atoms with E-state index >= 15 is 0 Å². The van der Waals surface area contributed by atoms with Crippen LogP contribution in [-0.4, -0.2) is 30.9 Å². The van der Waals surface area contributed by atoms with Gasteiger partial charge in [0.15, 0.2) is 0 Å². The number of amides is 2. The molecule has 2 N–H and O–H groups in total. The van der Waals surface area contributed by atoms with E-state index < -0.39 is 0 Å². The molecular formula is C29H33N3O2. The molecule has 3 aromatic carbocycles. The van der Waals surface area contributed by atoms with Gasteiger partial charge in [0.1, 0.15) is 0 Å². The van der Waals surface area contributed by atoms with Gasteiger partial charge in [-0.3, -0.25) is 9.59 Å². The minimum absolute atomic E-state index is 0.0664. The van der Waals surface area contributed by atoms with Gasteiger partial charge in [0, 0.05) is 31.2 Å². The molecule has 0 saturated carbocycles. The first-order valence-corrected chi connectivity index (χ1v) is 12.1. The number of anilines is 1. The summed E-state index contributed by atoms with van der Waals surface area (Å²) < 4.78 is 0. The van der Waals surface area contributed by atoms with E-state index in [-0.39, 0.29) is 23.9 Å². The van der Waals surface area contributed by atoms with Crippen LogP contribution in [0.3, 0.4) is 0 Å². The maximum Gasteiger partial charge on any atom is 0.253 e. The summed E-state index contributed by atoms with van der Waals surface area (Å²) in [6, 6.07) is 28.0. The van der Waals surface area contributed by atoms with Crippen LogP contribution in [0.4, 0.5) is 5.69 Å². The predicted octanol–water partition coefficient (Wildman–Crippen LogP) is 4.90. The maximum absolute atomic E-state index is 13.1. The fraction of sp³-hybridized carbons (Fsp3) is 0.310. The van der Waals surface area contributed by atoms with Crippen LogP contribution in [0.5, 0.6) is 0 Å². The SMILES string of the molecule is C[C@@H](NC(=O)c1ccccc1N1CCC(NC(=O)CCc2ccccc2)CC1)c1ccccc1. The molecule has 1 aliphatic heterocycles. The Morgan fingerprint density at radius 1 is 0.882 bits per heavy atom. The lowest BCUT2D eigenvalue weighted by atomic mass is 10.0. The first kappa shape index (κ1) is 23.6. The number of aryl methyl sites for hydroxylation is 1. The van der Waals surface area contributed by atoms with Gasteiger partial charge in [-0.25, -0.2) is 0 Å². The molecule has 1 saturated heterocycles. The third-order valence-corrected chi connectivity index (χ3v) is 6.48. The average Bonchev–Trinajstić information content (AvgIpc) is 2.89. The third-order valence-electron chi connectivity index (χ3n) is 6.48. The van der Waals surface area contributed by atoms with Gasteiger partial charge in [-0.15, -0.1) is 0 Å². The fourth-order valence-electron chi connectivity index (χ4n) is 4.51. The highest BCUT2D eigenvalue weighted by Crippen LogP contribution is 2.25. The zero-order valence-corrected chi connectivity index (χ0v) is 19.7. The van der Waals surface area contributed by atoms with Crippen LogP contribution in [0.15, 0.2) is 84.9 Å². The van der Waals surface area contributed by atoms with Crippen molar-refractivity contribution in [2.24, 2.45) is 0 Å². The molecule has 3 aromatic rings. The molecule has 0 bridgehead atoms. The first-order chi connectivity index (χ1) is 16.6. The van der Waals surface area contributed by atoms with E-state index in [1.807, 2.05) is 79.7 Å². The quantitative estimate of drug-likeness (QED) is 0.508. The van der Waals surface area contributed by atoms with Crippen molar-refractivity contribution in [1.29, 1.82) is 0 Å². The number of benzene rings is 3. The van der Waals surface area contributed by atoms with Crippen molar-refractivity contribution in [3.05, 3.63) is 102 Å². The molecule has 0 aromatic heterocycles. The Morgan fingerprint density at radius 3 is 2.21 bits per heavy atom. The molecule has 2 amide bonds. The van der Waals surface area contributed by atoms with Gasteiger partial charge in [0.05, 0.1) is 11.6 Å². The van der Waals surface area contributed by atoms with Crippen molar-refractivity contribution in [3.8, 4) is 0 Å². The van der Waals surface area contributed by atoms with Crippen molar-refractivity contribution in [1.82, 2.24) is 10.6 Å². The Labute approximate surface area is 202 Å². The number of hydrogen-bond acceptors (Lipinski definition) is 3. The van der Waals surface area contributed by atoms with Crippen LogP contribution in [0.25, 0.3) is 0 Å². The molecule has 1 heterocycles. The summed E-state index contributed by atoms with van der Waals surface area (Å²) in [6.07, 6.45) is 3.00. The predicted molar refractivity (Wildman–Crippen MR) is 137 cm³/mol. The zero-order chi connectivity index (χ0) is 23.8. The summed E-state index contributed by atoms with van der Waals surface area (Å²) >= 11 is 0. The van der Waals surface area contributed by atoms with E-state index in [2.05, 4.69) is 27.7 Å². The second-order valence-corrected chi connectivity index (χ2v) is 8.94. The van der Waals surface area contributed by atoms with Gasteiger partial charge >= 0.3 is 0 Å². The lowest BCUT2D eigenvalue weighted by Crippen LogP contribution is -2.45. The van der Waals surface area contributed by atoms with Crippen LogP contribution in [-0.2, 0) is 11.2 Å². The summed E-state index contributed by atoms with van der Waals surface area (Å²) in [5, 5.41) is 6.33. The summed E-state index contributed by atoms with van der Waals surface area (Å²) in [7, 11) is 0. The van der Waals surface area contributed by atoms with Gasteiger partial charge in [-0.1, -0.05) is 72.8 Å². The topological polar surface area (TPSA) is 61.4 Å². The molecule has 1 fully saturated rings. The Hall–Kier alpha value is -3.60. The molecule has 176 valence electrons. The number of carbonyl (C=O) groups is 2. The number of para-hydroxylation sites is 1. The molecule has 0 radical (unpaired) electrons. The number of carbonyl (C=O) groups excluding carboxylic acids is 2.